The summed E-state index contributed by atoms with van der Waals surface area (Å²) in [5.41, 5.74) is 0. The Morgan fingerprint density at radius 2 is 1.77 bits per heavy atom. The van der Waals surface area contributed by atoms with Crippen molar-refractivity contribution in [2.45, 2.75) is 40.2 Å². The Hall–Kier alpha value is -0.0800. The smallest absolute Gasteiger partial charge is 0.0218 e. The lowest BCUT2D eigenvalue weighted by Crippen LogP contribution is -2.50. The number of rotatable bonds is 2. The van der Waals surface area contributed by atoms with Gasteiger partial charge < -0.3 is 9.80 Å². The highest BCUT2D eigenvalue weighted by atomic mass is 15.3. The van der Waals surface area contributed by atoms with Gasteiger partial charge in [-0.25, -0.2) is 0 Å². The van der Waals surface area contributed by atoms with Gasteiger partial charge in [-0.1, -0.05) is 27.7 Å². The van der Waals surface area contributed by atoms with E-state index in [4.69, 9.17) is 0 Å². The maximum Gasteiger partial charge on any atom is 0.0218 e. The van der Waals surface area contributed by atoms with Crippen LogP contribution in [-0.4, -0.2) is 49.1 Å². The Balaban J connectivity index is 0.000000671. The molecule has 2 nitrogen and oxygen atoms in total. The third kappa shape index (κ3) is 4.10. The van der Waals surface area contributed by atoms with Crippen LogP contribution in [-0.2, 0) is 0 Å². The molecule has 0 amide bonds. The second kappa shape index (κ2) is 7.34. The molecule has 0 spiro atoms. The van der Waals surface area contributed by atoms with Crippen LogP contribution in [0.4, 0.5) is 0 Å². The molecule has 1 aliphatic rings. The first kappa shape index (κ1) is 12.9. The fourth-order valence-electron chi connectivity index (χ4n) is 1.74. The molecule has 1 fully saturated rings. The predicted octanol–water partition coefficient (Wildman–Crippen LogP) is 2.06. The third-order valence-electron chi connectivity index (χ3n) is 2.78. The number of piperazine rings is 1. The van der Waals surface area contributed by atoms with Crippen LogP contribution in [0.15, 0.2) is 0 Å². The second-order valence-corrected chi connectivity index (χ2v) is 3.44. The van der Waals surface area contributed by atoms with E-state index < -0.39 is 0 Å². The summed E-state index contributed by atoms with van der Waals surface area (Å²) in [6.45, 7) is 13.5. The zero-order valence-corrected chi connectivity index (χ0v) is 10.0. The van der Waals surface area contributed by atoms with E-state index in [0.717, 1.165) is 6.04 Å². The van der Waals surface area contributed by atoms with Gasteiger partial charge >= 0.3 is 0 Å². The summed E-state index contributed by atoms with van der Waals surface area (Å²) in [5, 5.41) is 0. The first-order valence-corrected chi connectivity index (χ1v) is 5.70. The van der Waals surface area contributed by atoms with Crippen molar-refractivity contribution in [3.63, 3.8) is 0 Å². The quantitative estimate of drug-likeness (QED) is 0.651. The Labute approximate surface area is 83.9 Å². The highest BCUT2D eigenvalue weighted by molar-refractivity contribution is 4.77. The molecule has 2 heteroatoms. The van der Waals surface area contributed by atoms with Gasteiger partial charge in [0.2, 0.25) is 0 Å². The third-order valence-corrected chi connectivity index (χ3v) is 2.78. The molecule has 0 N–H and O–H groups in total. The number of nitrogens with zero attached hydrogens (tertiary/aromatic N) is 2. The Bertz CT molecular complexity index is 115. The molecule has 0 saturated carbocycles. The molecular weight excluding hydrogens is 160 g/mol. The van der Waals surface area contributed by atoms with Crippen LogP contribution in [0.25, 0.3) is 0 Å². The minimum atomic E-state index is 0.795. The lowest BCUT2D eigenvalue weighted by Gasteiger charge is -2.38. The molecule has 80 valence electrons. The zero-order chi connectivity index (χ0) is 10.3. The van der Waals surface area contributed by atoms with Crippen molar-refractivity contribution in [1.29, 1.82) is 0 Å². The van der Waals surface area contributed by atoms with Crippen molar-refractivity contribution in [3.8, 4) is 0 Å². The summed E-state index contributed by atoms with van der Waals surface area (Å²) in [6, 6.07) is 0.795. The molecule has 1 saturated heterocycles. The monoisotopic (exact) mass is 186 g/mol. The van der Waals surface area contributed by atoms with Gasteiger partial charge in [0.15, 0.2) is 0 Å². The van der Waals surface area contributed by atoms with Crippen LogP contribution in [0.3, 0.4) is 0 Å². The van der Waals surface area contributed by atoms with Crippen LogP contribution in [0, 0.1) is 0 Å². The van der Waals surface area contributed by atoms with E-state index in [2.05, 4.69) is 30.7 Å². The van der Waals surface area contributed by atoms with Crippen LogP contribution in [0.2, 0.25) is 0 Å². The summed E-state index contributed by atoms with van der Waals surface area (Å²) in [6.07, 6.45) is 1.28. The minimum absolute atomic E-state index is 0.795. The standard InChI is InChI=1S/C9H20N2.C2H6/c1-4-9-8-11(5-2)7-6-10(9)3;1-2/h9H,4-8H2,1-3H3;1-2H3. The van der Waals surface area contributed by atoms with E-state index in [9.17, 15) is 0 Å². The molecule has 0 radical (unpaired) electrons. The maximum atomic E-state index is 2.54. The Kier molecular flexibility index (Phi) is 7.29. The van der Waals surface area contributed by atoms with Crippen molar-refractivity contribution < 1.29 is 0 Å². The fraction of sp³-hybridized carbons (Fsp3) is 1.00. The molecule has 0 aromatic carbocycles. The fourth-order valence-corrected chi connectivity index (χ4v) is 1.74. The van der Waals surface area contributed by atoms with E-state index >= 15 is 0 Å². The number of hydrogen-bond acceptors (Lipinski definition) is 2. The van der Waals surface area contributed by atoms with Crippen LogP contribution in [0.1, 0.15) is 34.1 Å². The van der Waals surface area contributed by atoms with Gasteiger partial charge in [-0.3, -0.25) is 0 Å². The van der Waals surface area contributed by atoms with E-state index in [0.29, 0.717) is 0 Å². The molecule has 1 aliphatic heterocycles. The van der Waals surface area contributed by atoms with Gasteiger partial charge in [0.1, 0.15) is 0 Å². The highest BCUT2D eigenvalue weighted by Gasteiger charge is 2.20. The van der Waals surface area contributed by atoms with E-state index in [1.807, 2.05) is 13.8 Å². The van der Waals surface area contributed by atoms with E-state index in [1.165, 1.54) is 32.6 Å². The van der Waals surface area contributed by atoms with Crippen molar-refractivity contribution in [1.82, 2.24) is 9.80 Å². The predicted molar refractivity (Wildman–Crippen MR) is 60.2 cm³/mol. The van der Waals surface area contributed by atoms with Crippen molar-refractivity contribution >= 4 is 0 Å². The first-order chi connectivity index (χ1) is 6.27. The molecule has 1 unspecified atom stereocenters. The normalized spacial score (nSPS) is 25.2. The first-order valence-electron chi connectivity index (χ1n) is 5.70. The number of hydrogen-bond donors (Lipinski definition) is 0. The Morgan fingerprint density at radius 1 is 1.15 bits per heavy atom. The van der Waals surface area contributed by atoms with Crippen molar-refractivity contribution in [2.24, 2.45) is 0 Å². The highest BCUT2D eigenvalue weighted by Crippen LogP contribution is 2.09. The molecule has 1 heterocycles. The van der Waals surface area contributed by atoms with Crippen molar-refractivity contribution in [3.05, 3.63) is 0 Å². The largest absolute Gasteiger partial charge is 0.301 e. The Morgan fingerprint density at radius 3 is 2.23 bits per heavy atom. The van der Waals surface area contributed by atoms with Gasteiger partial charge in [-0.05, 0) is 20.0 Å². The topological polar surface area (TPSA) is 6.48 Å². The van der Waals surface area contributed by atoms with Crippen molar-refractivity contribution in [2.75, 3.05) is 33.2 Å². The summed E-state index contributed by atoms with van der Waals surface area (Å²) in [7, 11) is 2.24. The molecule has 1 atom stereocenters. The zero-order valence-electron chi connectivity index (χ0n) is 10.0. The van der Waals surface area contributed by atoms with E-state index in [-0.39, 0.29) is 0 Å². The van der Waals surface area contributed by atoms with Gasteiger partial charge in [-0.15, -0.1) is 0 Å². The minimum Gasteiger partial charge on any atom is -0.301 e. The van der Waals surface area contributed by atoms with Crippen LogP contribution in [0.5, 0.6) is 0 Å². The molecular formula is C11H26N2. The molecule has 0 bridgehead atoms. The molecule has 0 aromatic rings. The second-order valence-electron chi connectivity index (χ2n) is 3.44. The summed E-state index contributed by atoms with van der Waals surface area (Å²) >= 11 is 0. The lowest BCUT2D eigenvalue weighted by molar-refractivity contribution is 0.0973. The number of likely N-dealkylation sites (N-methyl/N-ethyl adjacent to an activating group) is 2. The molecule has 1 rings (SSSR count). The molecule has 13 heavy (non-hydrogen) atoms. The lowest BCUT2D eigenvalue weighted by atomic mass is 10.1. The average molecular weight is 186 g/mol. The van der Waals surface area contributed by atoms with Crippen LogP contribution < -0.4 is 0 Å². The summed E-state index contributed by atoms with van der Waals surface area (Å²) < 4.78 is 0. The van der Waals surface area contributed by atoms with Crippen LogP contribution >= 0.6 is 0 Å². The summed E-state index contributed by atoms with van der Waals surface area (Å²) in [5.74, 6) is 0. The maximum absolute atomic E-state index is 2.54. The van der Waals surface area contributed by atoms with Gasteiger partial charge in [0, 0.05) is 25.7 Å². The average Bonchev–Trinajstić information content (AvgIpc) is 2.22. The molecule has 0 aliphatic carbocycles. The molecule has 0 aromatic heterocycles. The SMILES string of the molecule is CC.CCC1CN(CC)CCN1C. The van der Waals surface area contributed by atoms with Gasteiger partial charge in [0.05, 0.1) is 0 Å². The van der Waals surface area contributed by atoms with Gasteiger partial charge in [-0.2, -0.15) is 0 Å². The van der Waals surface area contributed by atoms with Gasteiger partial charge in [0.25, 0.3) is 0 Å². The van der Waals surface area contributed by atoms with E-state index in [1.54, 1.807) is 0 Å². The summed E-state index contributed by atoms with van der Waals surface area (Å²) in [4.78, 5) is 5.01.